The van der Waals surface area contributed by atoms with Crippen molar-refractivity contribution in [3.63, 3.8) is 0 Å². The standard InChI is InChI=1S/C13H13BrFNO2/c14-11-6-9(15)2-3-10(11)12(17)13(7-16)4-1-5-18-8-13/h2-3,6,12,17H,1,4-5,8H2. The van der Waals surface area contributed by atoms with Crippen LogP contribution < -0.4 is 0 Å². The molecule has 5 heteroatoms. The molecule has 0 aromatic heterocycles. The van der Waals surface area contributed by atoms with Crippen LogP contribution in [-0.4, -0.2) is 18.3 Å². The summed E-state index contributed by atoms with van der Waals surface area (Å²) in [5.74, 6) is -0.385. The molecule has 1 aromatic carbocycles. The van der Waals surface area contributed by atoms with Gasteiger partial charge in [-0.05, 0) is 30.5 Å². The molecule has 0 radical (unpaired) electrons. The van der Waals surface area contributed by atoms with Gasteiger partial charge in [0.1, 0.15) is 17.3 Å². The number of ether oxygens (including phenoxy) is 1. The first-order valence-electron chi connectivity index (χ1n) is 5.71. The van der Waals surface area contributed by atoms with Gasteiger partial charge in [-0.15, -0.1) is 0 Å². The Balaban J connectivity index is 2.34. The molecule has 0 saturated carbocycles. The largest absolute Gasteiger partial charge is 0.387 e. The second-order valence-electron chi connectivity index (χ2n) is 4.49. The summed E-state index contributed by atoms with van der Waals surface area (Å²) in [7, 11) is 0. The second kappa shape index (κ2) is 5.35. The molecule has 1 fully saturated rings. The van der Waals surface area contributed by atoms with Crippen LogP contribution in [0.2, 0.25) is 0 Å². The highest BCUT2D eigenvalue weighted by Gasteiger charge is 2.41. The Hall–Kier alpha value is -0.960. The molecular weight excluding hydrogens is 301 g/mol. The fourth-order valence-electron chi connectivity index (χ4n) is 2.20. The summed E-state index contributed by atoms with van der Waals surface area (Å²) < 4.78 is 18.8. The minimum atomic E-state index is -0.988. The van der Waals surface area contributed by atoms with Crippen molar-refractivity contribution in [3.05, 3.63) is 34.1 Å². The zero-order chi connectivity index (χ0) is 13.2. The van der Waals surface area contributed by atoms with Crippen LogP contribution in [0, 0.1) is 22.6 Å². The van der Waals surface area contributed by atoms with E-state index in [1.165, 1.54) is 18.2 Å². The quantitative estimate of drug-likeness (QED) is 0.913. The Labute approximate surface area is 113 Å². The smallest absolute Gasteiger partial charge is 0.124 e. The molecule has 0 aliphatic carbocycles. The third kappa shape index (κ3) is 2.41. The summed E-state index contributed by atoms with van der Waals surface area (Å²) in [5, 5.41) is 19.8. The van der Waals surface area contributed by atoms with E-state index in [1.54, 1.807) is 0 Å². The predicted octanol–water partition coefficient (Wildman–Crippen LogP) is 2.94. The van der Waals surface area contributed by atoms with Gasteiger partial charge in [0.2, 0.25) is 0 Å². The van der Waals surface area contributed by atoms with Gasteiger partial charge in [-0.3, -0.25) is 0 Å². The SMILES string of the molecule is N#CC1(C(O)c2ccc(F)cc2Br)CCCOC1. The molecule has 1 saturated heterocycles. The van der Waals surface area contributed by atoms with Crippen LogP contribution in [0.25, 0.3) is 0 Å². The molecule has 18 heavy (non-hydrogen) atoms. The first-order chi connectivity index (χ1) is 8.59. The molecule has 2 rings (SSSR count). The molecule has 96 valence electrons. The third-order valence-corrected chi connectivity index (χ3v) is 3.96. The van der Waals surface area contributed by atoms with E-state index in [9.17, 15) is 14.8 Å². The average molecular weight is 314 g/mol. The number of benzene rings is 1. The Morgan fingerprint density at radius 1 is 1.56 bits per heavy atom. The van der Waals surface area contributed by atoms with Crippen LogP contribution >= 0.6 is 15.9 Å². The van der Waals surface area contributed by atoms with Crippen LogP contribution in [0.4, 0.5) is 4.39 Å². The fraction of sp³-hybridized carbons (Fsp3) is 0.462. The van der Waals surface area contributed by atoms with Gasteiger partial charge in [0.15, 0.2) is 0 Å². The minimum Gasteiger partial charge on any atom is -0.387 e. The lowest BCUT2D eigenvalue weighted by Crippen LogP contribution is -2.36. The summed E-state index contributed by atoms with van der Waals surface area (Å²) in [6.45, 7) is 0.815. The van der Waals surface area contributed by atoms with E-state index in [1.807, 2.05) is 0 Å². The maximum Gasteiger partial charge on any atom is 0.124 e. The van der Waals surface area contributed by atoms with Crippen LogP contribution in [0.5, 0.6) is 0 Å². The summed E-state index contributed by atoms with van der Waals surface area (Å²) in [4.78, 5) is 0. The van der Waals surface area contributed by atoms with E-state index in [0.717, 1.165) is 6.42 Å². The topological polar surface area (TPSA) is 53.2 Å². The molecule has 1 heterocycles. The predicted molar refractivity (Wildman–Crippen MR) is 67.2 cm³/mol. The van der Waals surface area contributed by atoms with E-state index in [4.69, 9.17) is 4.74 Å². The third-order valence-electron chi connectivity index (χ3n) is 3.27. The molecular formula is C13H13BrFNO2. The molecule has 1 aliphatic heterocycles. The molecule has 2 atom stereocenters. The lowest BCUT2D eigenvalue weighted by atomic mass is 9.76. The zero-order valence-electron chi connectivity index (χ0n) is 9.70. The molecule has 0 amide bonds. The number of hydrogen-bond acceptors (Lipinski definition) is 3. The average Bonchev–Trinajstić information content (AvgIpc) is 2.39. The number of nitriles is 1. The van der Waals surface area contributed by atoms with Crippen molar-refractivity contribution in [3.8, 4) is 6.07 Å². The molecule has 1 aromatic rings. The van der Waals surface area contributed by atoms with Crippen molar-refractivity contribution in [2.45, 2.75) is 18.9 Å². The van der Waals surface area contributed by atoms with Gasteiger partial charge in [-0.2, -0.15) is 5.26 Å². The normalized spacial score (nSPS) is 25.4. The lowest BCUT2D eigenvalue weighted by molar-refractivity contribution is -0.0508. The van der Waals surface area contributed by atoms with Crippen molar-refractivity contribution < 1.29 is 14.2 Å². The van der Waals surface area contributed by atoms with E-state index in [0.29, 0.717) is 23.1 Å². The van der Waals surface area contributed by atoms with Gasteiger partial charge in [-0.25, -0.2) is 4.39 Å². The Kier molecular flexibility index (Phi) is 4.00. The number of rotatable bonds is 2. The van der Waals surface area contributed by atoms with Crippen LogP contribution in [0.3, 0.4) is 0 Å². The van der Waals surface area contributed by atoms with Crippen molar-refractivity contribution in [1.82, 2.24) is 0 Å². The van der Waals surface area contributed by atoms with E-state index in [2.05, 4.69) is 22.0 Å². The van der Waals surface area contributed by atoms with Crippen molar-refractivity contribution in [2.75, 3.05) is 13.2 Å². The van der Waals surface area contributed by atoms with Gasteiger partial charge in [-0.1, -0.05) is 22.0 Å². The minimum absolute atomic E-state index is 0.203. The number of nitrogens with zero attached hydrogens (tertiary/aromatic N) is 1. The van der Waals surface area contributed by atoms with Crippen LogP contribution in [0.1, 0.15) is 24.5 Å². The lowest BCUT2D eigenvalue weighted by Gasteiger charge is -2.35. The van der Waals surface area contributed by atoms with Gasteiger partial charge in [0.05, 0.1) is 12.7 Å². The Bertz CT molecular complexity index is 480. The first-order valence-corrected chi connectivity index (χ1v) is 6.50. The second-order valence-corrected chi connectivity index (χ2v) is 5.35. The summed E-state index contributed by atoms with van der Waals surface area (Å²) in [6.07, 6.45) is 0.329. The zero-order valence-corrected chi connectivity index (χ0v) is 11.3. The highest BCUT2D eigenvalue weighted by molar-refractivity contribution is 9.10. The van der Waals surface area contributed by atoms with Crippen molar-refractivity contribution in [1.29, 1.82) is 5.26 Å². The number of aliphatic hydroxyl groups is 1. The molecule has 3 nitrogen and oxygen atoms in total. The molecule has 1 aliphatic rings. The van der Waals surface area contributed by atoms with E-state index < -0.39 is 11.5 Å². The maximum atomic E-state index is 13.0. The molecule has 0 spiro atoms. The van der Waals surface area contributed by atoms with Crippen molar-refractivity contribution in [2.24, 2.45) is 5.41 Å². The summed E-state index contributed by atoms with van der Waals surface area (Å²) in [5.41, 5.74) is -0.429. The Morgan fingerprint density at radius 2 is 2.33 bits per heavy atom. The highest BCUT2D eigenvalue weighted by Crippen LogP contribution is 2.42. The van der Waals surface area contributed by atoms with E-state index >= 15 is 0 Å². The van der Waals surface area contributed by atoms with E-state index in [-0.39, 0.29) is 12.4 Å². The van der Waals surface area contributed by atoms with Gasteiger partial charge in [0.25, 0.3) is 0 Å². The highest BCUT2D eigenvalue weighted by atomic mass is 79.9. The van der Waals surface area contributed by atoms with Crippen molar-refractivity contribution >= 4 is 15.9 Å². The van der Waals surface area contributed by atoms with Gasteiger partial charge >= 0.3 is 0 Å². The van der Waals surface area contributed by atoms with Gasteiger partial charge in [0, 0.05) is 11.1 Å². The number of halogens is 2. The number of aliphatic hydroxyl groups excluding tert-OH is 1. The van der Waals surface area contributed by atoms with Gasteiger partial charge < -0.3 is 9.84 Å². The molecule has 0 bridgehead atoms. The summed E-state index contributed by atoms with van der Waals surface area (Å²) >= 11 is 3.22. The first kappa shape index (κ1) is 13.5. The number of hydrogen-bond donors (Lipinski definition) is 1. The monoisotopic (exact) mass is 313 g/mol. The van der Waals surface area contributed by atoms with Crippen LogP contribution in [0.15, 0.2) is 22.7 Å². The van der Waals surface area contributed by atoms with Crippen LogP contribution in [-0.2, 0) is 4.74 Å². The summed E-state index contributed by atoms with van der Waals surface area (Å²) in [6, 6.07) is 6.23. The Morgan fingerprint density at radius 3 is 2.89 bits per heavy atom. The molecule has 2 unspecified atom stereocenters. The molecule has 1 N–H and O–H groups in total. The fourth-order valence-corrected chi connectivity index (χ4v) is 2.77. The maximum absolute atomic E-state index is 13.0.